The van der Waals surface area contributed by atoms with Crippen molar-refractivity contribution in [3.63, 3.8) is 0 Å². The first-order valence-electron chi connectivity index (χ1n) is 6.73. The second-order valence-electron chi connectivity index (χ2n) is 4.51. The maximum atomic E-state index is 12.2. The number of anilines is 1. The van der Waals surface area contributed by atoms with Crippen LogP contribution in [0.5, 0.6) is 5.75 Å². The summed E-state index contributed by atoms with van der Waals surface area (Å²) in [4.78, 5) is 24.5. The van der Waals surface area contributed by atoms with Gasteiger partial charge in [0.2, 0.25) is 0 Å². The average molecular weight is 294 g/mol. The maximum absolute atomic E-state index is 12.2. The number of benzene rings is 1. The van der Waals surface area contributed by atoms with Crippen LogP contribution in [0.15, 0.2) is 24.3 Å². The number of carbonyl (C=O) groups excluding carboxylic acids is 1. The first-order chi connectivity index (χ1) is 10.1. The van der Waals surface area contributed by atoms with E-state index < -0.39 is 18.0 Å². The monoisotopic (exact) mass is 294 g/mol. The van der Waals surface area contributed by atoms with E-state index in [1.807, 2.05) is 6.92 Å². The highest BCUT2D eigenvalue weighted by molar-refractivity contribution is 5.92. The van der Waals surface area contributed by atoms with Gasteiger partial charge >= 0.3 is 12.0 Å². The SMILES string of the molecule is CCOc1ccc(NC(=O)N2CCOCC2C(=O)O)cc1. The van der Waals surface area contributed by atoms with E-state index in [1.165, 1.54) is 4.90 Å². The molecule has 1 heterocycles. The Labute approximate surface area is 122 Å². The van der Waals surface area contributed by atoms with Gasteiger partial charge in [0.15, 0.2) is 6.04 Å². The zero-order valence-electron chi connectivity index (χ0n) is 11.7. The van der Waals surface area contributed by atoms with Crippen LogP contribution in [-0.2, 0) is 9.53 Å². The van der Waals surface area contributed by atoms with Crippen LogP contribution in [0.3, 0.4) is 0 Å². The van der Waals surface area contributed by atoms with Crippen molar-refractivity contribution in [2.45, 2.75) is 13.0 Å². The Morgan fingerprint density at radius 1 is 1.43 bits per heavy atom. The standard InChI is InChI=1S/C14H18N2O5/c1-2-21-11-5-3-10(4-6-11)15-14(19)16-7-8-20-9-12(16)13(17)18/h3-6,12H,2,7-9H2,1H3,(H,15,19)(H,17,18). The largest absolute Gasteiger partial charge is 0.494 e. The molecule has 7 nitrogen and oxygen atoms in total. The van der Waals surface area contributed by atoms with Crippen LogP contribution in [0.4, 0.5) is 10.5 Å². The second kappa shape index (κ2) is 6.94. The van der Waals surface area contributed by atoms with Gasteiger partial charge in [0, 0.05) is 12.2 Å². The number of morpholine rings is 1. The molecular weight excluding hydrogens is 276 g/mol. The number of ether oxygens (including phenoxy) is 2. The fraction of sp³-hybridized carbons (Fsp3) is 0.429. The summed E-state index contributed by atoms with van der Waals surface area (Å²) in [5, 5.41) is 11.8. The third-order valence-corrected chi connectivity index (χ3v) is 3.09. The van der Waals surface area contributed by atoms with Gasteiger partial charge in [-0.3, -0.25) is 0 Å². The maximum Gasteiger partial charge on any atom is 0.328 e. The number of urea groups is 1. The molecule has 21 heavy (non-hydrogen) atoms. The number of hydrogen-bond donors (Lipinski definition) is 2. The molecule has 1 fully saturated rings. The predicted molar refractivity (Wildman–Crippen MR) is 75.6 cm³/mol. The van der Waals surface area contributed by atoms with Gasteiger partial charge in [-0.05, 0) is 31.2 Å². The number of carboxylic acid groups (broad SMARTS) is 1. The van der Waals surface area contributed by atoms with E-state index in [9.17, 15) is 9.59 Å². The topological polar surface area (TPSA) is 88.1 Å². The van der Waals surface area contributed by atoms with E-state index in [0.29, 0.717) is 24.7 Å². The van der Waals surface area contributed by atoms with Crippen molar-refractivity contribution in [3.05, 3.63) is 24.3 Å². The number of aliphatic carboxylic acids is 1. The third kappa shape index (κ3) is 3.85. The molecule has 1 aromatic carbocycles. The summed E-state index contributed by atoms with van der Waals surface area (Å²) >= 11 is 0. The number of amides is 2. The van der Waals surface area contributed by atoms with Crippen LogP contribution in [0, 0.1) is 0 Å². The van der Waals surface area contributed by atoms with Gasteiger partial charge in [-0.1, -0.05) is 0 Å². The van der Waals surface area contributed by atoms with Gasteiger partial charge < -0.3 is 24.8 Å². The molecule has 114 valence electrons. The number of carboxylic acids is 1. The van der Waals surface area contributed by atoms with Crippen LogP contribution >= 0.6 is 0 Å². The lowest BCUT2D eigenvalue weighted by Gasteiger charge is -2.32. The molecule has 0 spiro atoms. The first-order valence-corrected chi connectivity index (χ1v) is 6.73. The van der Waals surface area contributed by atoms with E-state index in [4.69, 9.17) is 14.6 Å². The second-order valence-corrected chi connectivity index (χ2v) is 4.51. The summed E-state index contributed by atoms with van der Waals surface area (Å²) in [6.45, 7) is 3.05. The average Bonchev–Trinajstić information content (AvgIpc) is 2.49. The Bertz CT molecular complexity index is 503. The molecule has 2 rings (SSSR count). The molecule has 1 aromatic rings. The van der Waals surface area contributed by atoms with Gasteiger partial charge in [-0.25, -0.2) is 9.59 Å². The molecular formula is C14H18N2O5. The van der Waals surface area contributed by atoms with E-state index in [2.05, 4.69) is 5.32 Å². The minimum absolute atomic E-state index is 0.00598. The lowest BCUT2D eigenvalue weighted by atomic mass is 10.2. The van der Waals surface area contributed by atoms with Crippen molar-refractivity contribution in [2.24, 2.45) is 0 Å². The fourth-order valence-electron chi connectivity index (χ4n) is 2.05. The highest BCUT2D eigenvalue weighted by Gasteiger charge is 2.32. The quantitative estimate of drug-likeness (QED) is 0.876. The van der Waals surface area contributed by atoms with Gasteiger partial charge in [-0.15, -0.1) is 0 Å². The van der Waals surface area contributed by atoms with E-state index in [0.717, 1.165) is 0 Å². The minimum Gasteiger partial charge on any atom is -0.494 e. The van der Waals surface area contributed by atoms with Gasteiger partial charge in [0.1, 0.15) is 5.75 Å². The molecule has 1 unspecified atom stereocenters. The number of hydrogen-bond acceptors (Lipinski definition) is 4. The molecule has 0 aromatic heterocycles. The van der Waals surface area contributed by atoms with E-state index in [-0.39, 0.29) is 13.2 Å². The van der Waals surface area contributed by atoms with E-state index in [1.54, 1.807) is 24.3 Å². The van der Waals surface area contributed by atoms with Crippen molar-refractivity contribution in [1.82, 2.24) is 4.90 Å². The summed E-state index contributed by atoms with van der Waals surface area (Å²) in [6, 6.07) is 5.50. The van der Waals surface area contributed by atoms with Crippen molar-refractivity contribution in [1.29, 1.82) is 0 Å². The van der Waals surface area contributed by atoms with Crippen LogP contribution < -0.4 is 10.1 Å². The van der Waals surface area contributed by atoms with Crippen molar-refractivity contribution >= 4 is 17.7 Å². The number of rotatable bonds is 4. The highest BCUT2D eigenvalue weighted by atomic mass is 16.5. The van der Waals surface area contributed by atoms with Crippen molar-refractivity contribution < 1.29 is 24.2 Å². The number of nitrogens with one attached hydrogen (secondary N) is 1. The molecule has 2 N–H and O–H groups in total. The Balaban J connectivity index is 2.00. The first kappa shape index (κ1) is 15.1. The molecule has 0 saturated carbocycles. The summed E-state index contributed by atoms with van der Waals surface area (Å²) in [6.07, 6.45) is 0. The molecule has 0 aliphatic carbocycles. The lowest BCUT2D eigenvalue weighted by Crippen LogP contribution is -2.53. The molecule has 0 radical (unpaired) electrons. The predicted octanol–water partition coefficient (Wildman–Crippen LogP) is 1.40. The zero-order valence-corrected chi connectivity index (χ0v) is 11.7. The van der Waals surface area contributed by atoms with Crippen LogP contribution in [0.2, 0.25) is 0 Å². The van der Waals surface area contributed by atoms with Gasteiger partial charge in [-0.2, -0.15) is 0 Å². The summed E-state index contributed by atoms with van der Waals surface area (Å²) < 4.78 is 10.4. The fourth-order valence-corrected chi connectivity index (χ4v) is 2.05. The Morgan fingerprint density at radius 2 is 2.14 bits per heavy atom. The van der Waals surface area contributed by atoms with Crippen molar-refractivity contribution in [3.8, 4) is 5.75 Å². The summed E-state index contributed by atoms with van der Waals surface area (Å²) in [5.74, 6) is -0.359. The molecule has 1 aliphatic heterocycles. The smallest absolute Gasteiger partial charge is 0.328 e. The third-order valence-electron chi connectivity index (χ3n) is 3.09. The van der Waals surface area contributed by atoms with E-state index >= 15 is 0 Å². The molecule has 7 heteroatoms. The highest BCUT2D eigenvalue weighted by Crippen LogP contribution is 2.17. The van der Waals surface area contributed by atoms with Crippen LogP contribution in [0.1, 0.15) is 6.92 Å². The van der Waals surface area contributed by atoms with Gasteiger partial charge in [0.25, 0.3) is 0 Å². The Hall–Kier alpha value is -2.28. The van der Waals surface area contributed by atoms with Gasteiger partial charge in [0.05, 0.1) is 19.8 Å². The summed E-state index contributed by atoms with van der Waals surface area (Å²) in [5.41, 5.74) is 0.582. The number of carbonyl (C=O) groups is 2. The number of nitrogens with zero attached hydrogens (tertiary/aromatic N) is 1. The Kier molecular flexibility index (Phi) is 4.99. The normalized spacial score (nSPS) is 18.1. The minimum atomic E-state index is -1.07. The molecule has 1 aliphatic rings. The molecule has 1 atom stereocenters. The Morgan fingerprint density at radius 3 is 2.76 bits per heavy atom. The van der Waals surface area contributed by atoms with Crippen molar-refractivity contribution in [2.75, 3.05) is 31.7 Å². The van der Waals surface area contributed by atoms with Crippen LogP contribution in [-0.4, -0.2) is 54.4 Å². The zero-order chi connectivity index (χ0) is 15.2. The van der Waals surface area contributed by atoms with Crippen LogP contribution in [0.25, 0.3) is 0 Å². The lowest BCUT2D eigenvalue weighted by molar-refractivity contribution is -0.147. The molecule has 0 bridgehead atoms. The molecule has 1 saturated heterocycles. The summed E-state index contributed by atoms with van der Waals surface area (Å²) in [7, 11) is 0. The molecule has 2 amide bonds.